The molecule has 0 spiro atoms. The third kappa shape index (κ3) is 4.03. The van der Waals surface area contributed by atoms with Crippen LogP contribution >= 0.6 is 0 Å². The predicted octanol–water partition coefficient (Wildman–Crippen LogP) is 14.6. The van der Waals surface area contributed by atoms with Crippen molar-refractivity contribution in [3.63, 3.8) is 0 Å². The summed E-state index contributed by atoms with van der Waals surface area (Å²) in [5.74, 6) is 0. The molecule has 2 heteroatoms. The number of fused-ring (bicyclic) bond motifs is 14. The van der Waals surface area contributed by atoms with Gasteiger partial charge in [0, 0.05) is 26.9 Å². The smallest absolute Gasteiger partial charge is 0.160 e. The van der Waals surface area contributed by atoms with E-state index in [9.17, 15) is 0 Å². The Balaban J connectivity index is 0.00000107. The van der Waals surface area contributed by atoms with Gasteiger partial charge in [-0.2, -0.15) is 0 Å². The van der Waals surface area contributed by atoms with Crippen LogP contribution in [0.1, 0.15) is 6.92 Å². The van der Waals surface area contributed by atoms with Gasteiger partial charge in [-0.05, 0) is 85.4 Å². The second kappa shape index (κ2) is 11.3. The molecule has 53 heavy (non-hydrogen) atoms. The molecule has 0 saturated heterocycles. The van der Waals surface area contributed by atoms with Crippen molar-refractivity contribution in [2.75, 3.05) is 0 Å². The molecule has 0 radical (unpaired) electrons. The Labute approximate surface area is 306 Å². The molecule has 0 N–H and O–H groups in total. The minimum atomic E-state index is 0.909. The number of hydrogen-bond acceptors (Lipinski definition) is 1. The molecular weight excluding hydrogens is 643 g/mol. The van der Waals surface area contributed by atoms with Gasteiger partial charge in [0.25, 0.3) is 0 Å². The minimum Gasteiger partial charge on any atom is -0.454 e. The molecule has 0 bridgehead atoms. The van der Waals surface area contributed by atoms with Crippen molar-refractivity contribution in [1.29, 1.82) is 0 Å². The number of nitrogens with zero attached hydrogens (tertiary/aromatic N) is 1. The monoisotopic (exact) mass is 675 g/mol. The second-order valence-corrected chi connectivity index (χ2v) is 13.9. The molecule has 2 nitrogen and oxygen atoms in total. The Morgan fingerprint density at radius 3 is 1.70 bits per heavy atom. The molecule has 0 aliphatic heterocycles. The van der Waals surface area contributed by atoms with Gasteiger partial charge < -0.3 is 8.98 Å². The molecule has 0 unspecified atom stereocenters. The quantitative estimate of drug-likeness (QED) is 0.167. The van der Waals surface area contributed by atoms with Crippen molar-refractivity contribution >= 4 is 76.1 Å². The summed E-state index contributed by atoms with van der Waals surface area (Å²) in [7, 11) is 0. The lowest BCUT2D eigenvalue weighted by Gasteiger charge is -2.17. The van der Waals surface area contributed by atoms with Crippen LogP contribution in [0.15, 0.2) is 181 Å². The summed E-state index contributed by atoms with van der Waals surface area (Å²) in [5.41, 5.74) is 13.0. The second-order valence-electron chi connectivity index (χ2n) is 13.9. The zero-order valence-corrected chi connectivity index (χ0v) is 29.2. The number of para-hydroxylation sites is 2. The van der Waals surface area contributed by atoms with Gasteiger partial charge in [-0.1, -0.05) is 152 Å². The number of furan rings is 1. The van der Waals surface area contributed by atoms with E-state index in [0.717, 1.165) is 27.8 Å². The first kappa shape index (κ1) is 29.8. The summed E-state index contributed by atoms with van der Waals surface area (Å²) in [6, 6.07) is 59.8. The lowest BCUT2D eigenvalue weighted by molar-refractivity contribution is 0.671. The molecule has 0 fully saturated rings. The van der Waals surface area contributed by atoms with Crippen LogP contribution in [0.2, 0.25) is 0 Å². The normalized spacial score (nSPS) is 11.9. The van der Waals surface area contributed by atoms with Gasteiger partial charge in [0.05, 0.1) is 16.7 Å². The largest absolute Gasteiger partial charge is 0.454 e. The molecule has 248 valence electrons. The van der Waals surface area contributed by atoms with Crippen LogP contribution in [-0.4, -0.2) is 4.57 Å². The van der Waals surface area contributed by atoms with Crippen molar-refractivity contribution in [3.05, 3.63) is 176 Å². The number of hydrogen-bond donors (Lipinski definition) is 0. The molecule has 9 aromatic carbocycles. The van der Waals surface area contributed by atoms with Gasteiger partial charge in [-0.15, -0.1) is 6.58 Å². The van der Waals surface area contributed by atoms with Crippen LogP contribution in [0, 0.1) is 0 Å². The van der Waals surface area contributed by atoms with Gasteiger partial charge in [-0.3, -0.25) is 0 Å². The fourth-order valence-corrected chi connectivity index (χ4v) is 9.13. The maximum absolute atomic E-state index is 6.85. The Kier molecular flexibility index (Phi) is 6.35. The third-order valence-electron chi connectivity index (χ3n) is 11.1. The van der Waals surface area contributed by atoms with Crippen molar-refractivity contribution in [3.8, 4) is 39.1 Å². The van der Waals surface area contributed by atoms with Gasteiger partial charge in [0.1, 0.15) is 5.58 Å². The summed E-state index contributed by atoms with van der Waals surface area (Å²) in [4.78, 5) is 0. The van der Waals surface area contributed by atoms with E-state index in [-0.39, 0.29) is 0 Å². The van der Waals surface area contributed by atoms with E-state index >= 15 is 0 Å². The van der Waals surface area contributed by atoms with Crippen LogP contribution in [0.4, 0.5) is 0 Å². The highest BCUT2D eigenvalue weighted by atomic mass is 16.3. The maximum Gasteiger partial charge on any atom is 0.160 e. The molecule has 2 aromatic heterocycles. The fraction of sp³-hybridized carbons (Fsp3) is 0.0196. The van der Waals surface area contributed by atoms with Gasteiger partial charge >= 0.3 is 0 Å². The number of benzene rings is 9. The third-order valence-corrected chi connectivity index (χ3v) is 11.1. The van der Waals surface area contributed by atoms with E-state index in [1.165, 1.54) is 87.4 Å². The van der Waals surface area contributed by atoms with Gasteiger partial charge in [-0.25, -0.2) is 0 Å². The van der Waals surface area contributed by atoms with Crippen molar-refractivity contribution in [1.82, 2.24) is 4.57 Å². The van der Waals surface area contributed by atoms with Crippen LogP contribution in [-0.2, 0) is 0 Å². The van der Waals surface area contributed by atoms with Crippen molar-refractivity contribution in [2.45, 2.75) is 6.92 Å². The van der Waals surface area contributed by atoms with E-state index in [4.69, 9.17) is 4.42 Å². The maximum atomic E-state index is 6.85. The standard InChI is InChI=1S/C48H27NO.C3H6/c1-2-14-30-29(13-1)34-20-11-21-35-32(24-25-38(30)44(34)35)31-26-27-42(33-15-4-3-12-28(31)33)49-41-22-9-7-18-39(41)45-36-16-5-6-17-37(36)46-40-19-8-10-23-43(40)50-48(46)47(45)49;1-3-2/h1-27H;3H,1H2,2H3. The number of aromatic nitrogens is 1. The van der Waals surface area contributed by atoms with Crippen LogP contribution in [0.3, 0.4) is 0 Å². The van der Waals surface area contributed by atoms with E-state index < -0.39 is 0 Å². The lowest BCUT2D eigenvalue weighted by Crippen LogP contribution is -1.97. The average Bonchev–Trinajstić information content (AvgIpc) is 3.88. The molecule has 0 atom stereocenters. The zero-order chi connectivity index (χ0) is 35.2. The van der Waals surface area contributed by atoms with Crippen LogP contribution < -0.4 is 0 Å². The first-order valence-electron chi connectivity index (χ1n) is 18.3. The molecule has 2 heterocycles. The van der Waals surface area contributed by atoms with E-state index in [1.54, 1.807) is 6.08 Å². The van der Waals surface area contributed by atoms with Gasteiger partial charge in [0.2, 0.25) is 0 Å². The summed E-state index contributed by atoms with van der Waals surface area (Å²) in [6.07, 6.45) is 1.75. The average molecular weight is 676 g/mol. The van der Waals surface area contributed by atoms with E-state index in [0.29, 0.717) is 0 Å². The molecule has 12 rings (SSSR count). The first-order chi connectivity index (χ1) is 26.3. The fourth-order valence-electron chi connectivity index (χ4n) is 9.13. The first-order valence-corrected chi connectivity index (χ1v) is 18.3. The summed E-state index contributed by atoms with van der Waals surface area (Å²) in [5, 5.41) is 12.3. The summed E-state index contributed by atoms with van der Waals surface area (Å²) in [6.45, 7) is 5.25. The summed E-state index contributed by atoms with van der Waals surface area (Å²) >= 11 is 0. The highest BCUT2D eigenvalue weighted by molar-refractivity contribution is 6.35. The highest BCUT2D eigenvalue weighted by Crippen LogP contribution is 2.51. The number of allylic oxidation sites excluding steroid dienone is 1. The Morgan fingerprint density at radius 2 is 0.925 bits per heavy atom. The van der Waals surface area contributed by atoms with Crippen LogP contribution in [0.5, 0.6) is 0 Å². The van der Waals surface area contributed by atoms with Crippen molar-refractivity contribution < 1.29 is 4.42 Å². The number of rotatable bonds is 2. The van der Waals surface area contributed by atoms with E-state index in [1.807, 2.05) is 6.92 Å². The minimum absolute atomic E-state index is 0.909. The van der Waals surface area contributed by atoms with Crippen molar-refractivity contribution in [2.24, 2.45) is 0 Å². The lowest BCUT2D eigenvalue weighted by atomic mass is 9.91. The Hall–Kier alpha value is -6.90. The van der Waals surface area contributed by atoms with E-state index in [2.05, 4.69) is 175 Å². The molecule has 0 amide bonds. The highest BCUT2D eigenvalue weighted by Gasteiger charge is 2.25. The molecule has 1 aliphatic carbocycles. The Morgan fingerprint density at radius 1 is 0.415 bits per heavy atom. The zero-order valence-electron chi connectivity index (χ0n) is 29.2. The predicted molar refractivity (Wildman–Crippen MR) is 226 cm³/mol. The van der Waals surface area contributed by atoms with Gasteiger partial charge in [0.15, 0.2) is 5.58 Å². The Bertz CT molecular complexity index is 3290. The SMILES string of the molecule is C=CC.c1ccc2c(c1)-c1cccc3c(-c4ccc(-n5c6ccccc6c6c7ccccc7c7c8ccccc8oc7c65)c5ccccc45)ccc-2c13. The molecular formula is C51H33NO. The summed E-state index contributed by atoms with van der Waals surface area (Å²) < 4.78 is 9.31. The molecule has 0 saturated carbocycles. The topological polar surface area (TPSA) is 18.1 Å². The molecule has 1 aliphatic rings. The molecule has 11 aromatic rings. The van der Waals surface area contributed by atoms with Crippen LogP contribution in [0.25, 0.3) is 115 Å².